The fourth-order valence-electron chi connectivity index (χ4n) is 6.51. The van der Waals surface area contributed by atoms with E-state index in [0.717, 1.165) is 16.6 Å². The molecule has 4 nitrogen and oxygen atoms in total. The maximum atomic E-state index is 7.70. The van der Waals surface area contributed by atoms with E-state index in [0.29, 0.717) is 5.69 Å². The lowest BCUT2D eigenvalue weighted by molar-refractivity contribution is 0.784. The first-order valence-corrected chi connectivity index (χ1v) is 13.0. The number of fused-ring (bicyclic) bond motifs is 9. The Hall–Kier alpha value is -5.01. The average molecular weight is 489 g/mol. The second kappa shape index (κ2) is 7.50. The SMILES string of the molecule is [C-]#[N+]c1ccc2c(c1)c1cc3c(c4c1n2-c1ccccc1N4C(C)C)c1ccccc1n3-c1ccccc1. The summed E-state index contributed by atoms with van der Waals surface area (Å²) in [5, 5.41) is 4.79. The molecule has 0 saturated carbocycles. The Kier molecular flexibility index (Phi) is 4.17. The van der Waals surface area contributed by atoms with Crippen molar-refractivity contribution in [2.45, 2.75) is 19.9 Å². The lowest BCUT2D eigenvalue weighted by Gasteiger charge is -2.36. The Morgan fingerprint density at radius 1 is 0.632 bits per heavy atom. The Bertz CT molecular complexity index is 2120. The van der Waals surface area contributed by atoms with Crippen molar-refractivity contribution < 1.29 is 0 Å². The number of rotatable bonds is 2. The van der Waals surface area contributed by atoms with Gasteiger partial charge in [-0.15, -0.1) is 0 Å². The molecule has 1 aliphatic heterocycles. The van der Waals surface area contributed by atoms with Crippen LogP contribution < -0.4 is 4.90 Å². The normalized spacial score (nSPS) is 12.6. The van der Waals surface area contributed by atoms with Crippen molar-refractivity contribution in [2.24, 2.45) is 0 Å². The van der Waals surface area contributed by atoms with Crippen LogP contribution in [0.25, 0.3) is 59.8 Å². The van der Waals surface area contributed by atoms with E-state index in [1.807, 2.05) is 6.07 Å². The molecular formula is C34H24N4. The van der Waals surface area contributed by atoms with Crippen LogP contribution in [0, 0.1) is 6.57 Å². The molecule has 5 aromatic carbocycles. The van der Waals surface area contributed by atoms with Gasteiger partial charge in [-0.05, 0) is 67.8 Å². The van der Waals surface area contributed by atoms with Crippen molar-refractivity contribution in [3.05, 3.63) is 115 Å². The number of anilines is 2. The fraction of sp³-hybridized carbons (Fsp3) is 0.0882. The molecule has 4 heteroatoms. The first-order chi connectivity index (χ1) is 18.7. The molecule has 0 aliphatic carbocycles. The van der Waals surface area contributed by atoms with Gasteiger partial charge in [-0.3, -0.25) is 0 Å². The standard InChI is InChI=1S/C34H24N4/c1-21(2)36-29-15-9-10-16-30(29)38-28-18-17-22(35-3)19-25(28)26-20-31-32(34(36)33(26)38)24-13-7-8-14-27(24)37(31)23-11-5-4-6-12-23/h4-21H,1-2H3. The quantitative estimate of drug-likeness (QED) is 0.222. The lowest BCUT2D eigenvalue weighted by Crippen LogP contribution is -2.29. The maximum Gasteiger partial charge on any atom is 0.188 e. The van der Waals surface area contributed by atoms with Crippen LogP contribution in [0.1, 0.15) is 13.8 Å². The average Bonchev–Trinajstić information content (AvgIpc) is 3.46. The van der Waals surface area contributed by atoms with E-state index in [2.05, 4.69) is 130 Å². The van der Waals surface area contributed by atoms with Gasteiger partial charge in [-0.2, -0.15) is 0 Å². The smallest absolute Gasteiger partial charge is 0.188 e. The summed E-state index contributed by atoms with van der Waals surface area (Å²) < 4.78 is 4.80. The minimum atomic E-state index is 0.245. The Morgan fingerprint density at radius 2 is 1.34 bits per heavy atom. The predicted molar refractivity (Wildman–Crippen MR) is 159 cm³/mol. The summed E-state index contributed by atoms with van der Waals surface area (Å²) in [5.74, 6) is 0. The van der Waals surface area contributed by atoms with Gasteiger partial charge in [0, 0.05) is 27.9 Å². The van der Waals surface area contributed by atoms with E-state index in [-0.39, 0.29) is 6.04 Å². The molecule has 0 N–H and O–H groups in total. The van der Waals surface area contributed by atoms with Crippen molar-refractivity contribution in [3.8, 4) is 11.4 Å². The Morgan fingerprint density at radius 3 is 2.13 bits per heavy atom. The molecule has 0 amide bonds. The maximum absolute atomic E-state index is 7.70. The van der Waals surface area contributed by atoms with Gasteiger partial charge in [0.05, 0.1) is 45.7 Å². The van der Waals surface area contributed by atoms with Crippen molar-refractivity contribution in [1.82, 2.24) is 9.13 Å². The van der Waals surface area contributed by atoms with E-state index >= 15 is 0 Å². The number of benzene rings is 5. The summed E-state index contributed by atoms with van der Waals surface area (Å²) in [5.41, 5.74) is 10.1. The minimum Gasteiger partial charge on any atom is -0.335 e. The first-order valence-electron chi connectivity index (χ1n) is 13.0. The van der Waals surface area contributed by atoms with Gasteiger partial charge in [-0.25, -0.2) is 4.85 Å². The van der Waals surface area contributed by atoms with Crippen molar-refractivity contribution >= 4 is 60.7 Å². The van der Waals surface area contributed by atoms with E-state index in [1.54, 1.807) is 0 Å². The molecule has 7 aromatic rings. The van der Waals surface area contributed by atoms with Gasteiger partial charge in [0.25, 0.3) is 0 Å². The molecule has 2 aromatic heterocycles. The molecule has 0 fully saturated rings. The molecule has 0 radical (unpaired) electrons. The van der Waals surface area contributed by atoms with E-state index < -0.39 is 0 Å². The number of nitrogens with zero attached hydrogens (tertiary/aromatic N) is 4. The van der Waals surface area contributed by atoms with Crippen molar-refractivity contribution in [1.29, 1.82) is 0 Å². The molecule has 0 bridgehead atoms. The summed E-state index contributed by atoms with van der Waals surface area (Å²) in [7, 11) is 0. The molecule has 0 atom stereocenters. The van der Waals surface area contributed by atoms with Crippen LogP contribution >= 0.6 is 0 Å². The second-order valence-electron chi connectivity index (χ2n) is 10.3. The van der Waals surface area contributed by atoms with Gasteiger partial charge in [0.15, 0.2) is 5.69 Å². The van der Waals surface area contributed by atoms with Crippen LogP contribution in [0.2, 0.25) is 0 Å². The molecule has 0 saturated heterocycles. The third-order valence-electron chi connectivity index (χ3n) is 7.93. The van der Waals surface area contributed by atoms with Gasteiger partial charge < -0.3 is 14.0 Å². The number of para-hydroxylation sites is 4. The summed E-state index contributed by atoms with van der Waals surface area (Å²) in [6, 6.07) is 36.8. The highest BCUT2D eigenvalue weighted by molar-refractivity contribution is 6.28. The highest BCUT2D eigenvalue weighted by Gasteiger charge is 2.32. The van der Waals surface area contributed by atoms with Crippen LogP contribution in [-0.2, 0) is 0 Å². The highest BCUT2D eigenvalue weighted by atomic mass is 15.2. The molecule has 38 heavy (non-hydrogen) atoms. The molecule has 180 valence electrons. The van der Waals surface area contributed by atoms with Gasteiger partial charge in [-0.1, -0.05) is 54.6 Å². The van der Waals surface area contributed by atoms with Crippen molar-refractivity contribution in [3.63, 3.8) is 0 Å². The summed E-state index contributed by atoms with van der Waals surface area (Å²) in [6.07, 6.45) is 0. The van der Waals surface area contributed by atoms with Gasteiger partial charge >= 0.3 is 0 Å². The Labute approximate surface area is 220 Å². The van der Waals surface area contributed by atoms with E-state index in [4.69, 9.17) is 6.57 Å². The number of aromatic nitrogens is 2. The minimum absolute atomic E-state index is 0.245. The van der Waals surface area contributed by atoms with E-state index in [9.17, 15) is 0 Å². The zero-order chi connectivity index (χ0) is 25.5. The molecule has 1 aliphatic rings. The van der Waals surface area contributed by atoms with Crippen LogP contribution in [0.4, 0.5) is 17.1 Å². The third kappa shape index (κ3) is 2.58. The second-order valence-corrected chi connectivity index (χ2v) is 10.3. The number of hydrogen-bond acceptors (Lipinski definition) is 1. The van der Waals surface area contributed by atoms with Gasteiger partial charge in [0.1, 0.15) is 0 Å². The van der Waals surface area contributed by atoms with Crippen LogP contribution in [0.15, 0.2) is 103 Å². The van der Waals surface area contributed by atoms with Gasteiger partial charge in [0.2, 0.25) is 0 Å². The van der Waals surface area contributed by atoms with Crippen LogP contribution in [-0.4, -0.2) is 15.2 Å². The lowest BCUT2D eigenvalue weighted by atomic mass is 10.0. The topological polar surface area (TPSA) is 17.5 Å². The fourth-order valence-corrected chi connectivity index (χ4v) is 6.51. The molecular weight excluding hydrogens is 464 g/mol. The zero-order valence-electron chi connectivity index (χ0n) is 21.2. The van der Waals surface area contributed by atoms with Crippen LogP contribution in [0.3, 0.4) is 0 Å². The summed E-state index contributed by atoms with van der Waals surface area (Å²) in [6.45, 7) is 12.2. The van der Waals surface area contributed by atoms with Crippen LogP contribution in [0.5, 0.6) is 0 Å². The first kappa shape index (κ1) is 21.1. The van der Waals surface area contributed by atoms with E-state index in [1.165, 1.54) is 49.8 Å². The summed E-state index contributed by atoms with van der Waals surface area (Å²) in [4.78, 5) is 6.29. The summed E-state index contributed by atoms with van der Waals surface area (Å²) >= 11 is 0. The predicted octanol–water partition coefficient (Wildman–Crippen LogP) is 9.29. The molecule has 3 heterocycles. The molecule has 8 rings (SSSR count). The monoisotopic (exact) mass is 488 g/mol. The third-order valence-corrected chi connectivity index (χ3v) is 7.93. The molecule has 0 spiro atoms. The van der Waals surface area contributed by atoms with Crippen molar-refractivity contribution in [2.75, 3.05) is 4.90 Å². The number of hydrogen-bond donors (Lipinski definition) is 0. The highest BCUT2D eigenvalue weighted by Crippen LogP contribution is 2.53. The largest absolute Gasteiger partial charge is 0.335 e. The molecule has 0 unspecified atom stereocenters. The Balaban J connectivity index is 1.70. The zero-order valence-corrected chi connectivity index (χ0v) is 21.2.